The number of esters is 1. The topological polar surface area (TPSA) is 116 Å². The molecule has 0 aromatic heterocycles. The number of aliphatic hydroxyl groups is 4. The minimum Gasteiger partial charge on any atom is -0.466 e. The molecule has 0 aliphatic carbocycles. The second kappa shape index (κ2) is 6.44. The molecule has 0 radical (unpaired) electrons. The van der Waals surface area contributed by atoms with Crippen LogP contribution in [0.1, 0.15) is 13.8 Å². The molecule has 7 nitrogen and oxygen atoms in total. The second-order valence-electron chi connectivity index (χ2n) is 4.33. The zero-order valence-electron chi connectivity index (χ0n) is 10.4. The summed E-state index contributed by atoms with van der Waals surface area (Å²) in [7, 11) is 0. The molecule has 1 rings (SSSR count). The first-order chi connectivity index (χ1) is 8.43. The Balaban J connectivity index is 2.77. The lowest BCUT2D eigenvalue weighted by Crippen LogP contribution is -2.60. The van der Waals surface area contributed by atoms with E-state index in [-0.39, 0.29) is 6.61 Å². The van der Waals surface area contributed by atoms with E-state index in [9.17, 15) is 20.1 Å². The molecule has 0 aromatic rings. The third-order valence-corrected chi connectivity index (χ3v) is 3.08. The molecule has 1 fully saturated rings. The van der Waals surface area contributed by atoms with Gasteiger partial charge in [0.05, 0.1) is 25.2 Å². The number of hydrogen-bond acceptors (Lipinski definition) is 7. The molecule has 1 saturated heterocycles. The normalized spacial score (nSPS) is 38.2. The summed E-state index contributed by atoms with van der Waals surface area (Å²) in [6.45, 7) is 2.82. The average molecular weight is 264 g/mol. The number of ether oxygens (including phenoxy) is 2. The second-order valence-corrected chi connectivity index (χ2v) is 4.33. The standard InChI is InChI=1S/C11H20O7/c1-3-17-11(16)5(2)10-9(15)8(14)7(13)6(4-12)18-10/h5-10,12-15H,3-4H2,1-2H3/t5?,6-,7+,8+,9-,10?/m1/s1. The third kappa shape index (κ3) is 2.99. The van der Waals surface area contributed by atoms with Crippen LogP contribution in [0.4, 0.5) is 0 Å². The monoisotopic (exact) mass is 264 g/mol. The quantitative estimate of drug-likeness (QED) is 0.435. The Morgan fingerprint density at radius 2 is 1.89 bits per heavy atom. The molecule has 2 unspecified atom stereocenters. The lowest BCUT2D eigenvalue weighted by Gasteiger charge is -2.41. The number of carbonyl (C=O) groups is 1. The summed E-state index contributed by atoms with van der Waals surface area (Å²) in [5, 5.41) is 38.0. The fourth-order valence-corrected chi connectivity index (χ4v) is 1.95. The van der Waals surface area contributed by atoms with Crippen molar-refractivity contribution in [2.24, 2.45) is 5.92 Å². The SMILES string of the molecule is CCOC(=O)C(C)C1O[C@H](CO)[C@H](O)[C@H](O)[C@H]1O. The van der Waals surface area contributed by atoms with Gasteiger partial charge in [-0.15, -0.1) is 0 Å². The number of aliphatic hydroxyl groups excluding tert-OH is 4. The van der Waals surface area contributed by atoms with Gasteiger partial charge in [-0.25, -0.2) is 0 Å². The first-order valence-corrected chi connectivity index (χ1v) is 5.91. The van der Waals surface area contributed by atoms with Crippen molar-refractivity contribution in [3.63, 3.8) is 0 Å². The van der Waals surface area contributed by atoms with Crippen molar-refractivity contribution in [2.75, 3.05) is 13.2 Å². The Kier molecular flexibility index (Phi) is 5.48. The molecule has 0 amide bonds. The highest BCUT2D eigenvalue weighted by atomic mass is 16.6. The van der Waals surface area contributed by atoms with Crippen molar-refractivity contribution < 1.29 is 34.7 Å². The number of rotatable bonds is 4. The molecule has 106 valence electrons. The van der Waals surface area contributed by atoms with Crippen LogP contribution in [0.2, 0.25) is 0 Å². The zero-order valence-corrected chi connectivity index (χ0v) is 10.4. The van der Waals surface area contributed by atoms with Crippen LogP contribution in [0.5, 0.6) is 0 Å². The van der Waals surface area contributed by atoms with E-state index < -0.39 is 49.0 Å². The van der Waals surface area contributed by atoms with Gasteiger partial charge in [0.25, 0.3) is 0 Å². The van der Waals surface area contributed by atoms with E-state index >= 15 is 0 Å². The van der Waals surface area contributed by atoms with Crippen molar-refractivity contribution >= 4 is 5.97 Å². The predicted molar refractivity (Wildman–Crippen MR) is 59.6 cm³/mol. The van der Waals surface area contributed by atoms with Crippen molar-refractivity contribution in [1.82, 2.24) is 0 Å². The van der Waals surface area contributed by atoms with Crippen LogP contribution in [0.25, 0.3) is 0 Å². The van der Waals surface area contributed by atoms with Gasteiger partial charge < -0.3 is 29.9 Å². The third-order valence-electron chi connectivity index (χ3n) is 3.08. The van der Waals surface area contributed by atoms with Crippen LogP contribution in [0.15, 0.2) is 0 Å². The van der Waals surface area contributed by atoms with Crippen LogP contribution < -0.4 is 0 Å². The predicted octanol–water partition coefficient (Wildman–Crippen LogP) is -1.97. The molecule has 0 bridgehead atoms. The van der Waals surface area contributed by atoms with E-state index in [0.29, 0.717) is 0 Å². The maximum atomic E-state index is 11.6. The average Bonchev–Trinajstić information content (AvgIpc) is 2.36. The molecule has 1 aliphatic heterocycles. The van der Waals surface area contributed by atoms with Crippen LogP contribution in [-0.2, 0) is 14.3 Å². The molecule has 0 saturated carbocycles. The first kappa shape index (κ1) is 15.3. The molecule has 0 aromatic carbocycles. The Morgan fingerprint density at radius 3 is 2.39 bits per heavy atom. The van der Waals surface area contributed by atoms with Gasteiger partial charge in [-0.3, -0.25) is 4.79 Å². The van der Waals surface area contributed by atoms with Gasteiger partial charge >= 0.3 is 5.97 Å². The van der Waals surface area contributed by atoms with Crippen LogP contribution in [0, 0.1) is 5.92 Å². The van der Waals surface area contributed by atoms with Crippen LogP contribution in [-0.4, -0.2) is 70.1 Å². The number of carbonyl (C=O) groups excluding carboxylic acids is 1. The van der Waals surface area contributed by atoms with Gasteiger partial charge in [0.15, 0.2) is 0 Å². The summed E-state index contributed by atoms with van der Waals surface area (Å²) in [5.41, 5.74) is 0. The van der Waals surface area contributed by atoms with E-state index in [0.717, 1.165) is 0 Å². The molecule has 0 spiro atoms. The summed E-state index contributed by atoms with van der Waals surface area (Å²) >= 11 is 0. The van der Waals surface area contributed by atoms with E-state index in [1.54, 1.807) is 6.92 Å². The minimum absolute atomic E-state index is 0.195. The Labute approximate surface area is 105 Å². The summed E-state index contributed by atoms with van der Waals surface area (Å²) in [4.78, 5) is 11.6. The van der Waals surface area contributed by atoms with E-state index in [1.165, 1.54) is 6.92 Å². The van der Waals surface area contributed by atoms with Gasteiger partial charge in [-0.2, -0.15) is 0 Å². The van der Waals surface area contributed by atoms with Crippen molar-refractivity contribution in [2.45, 2.75) is 44.4 Å². The molecule has 6 atom stereocenters. The minimum atomic E-state index is -1.47. The van der Waals surface area contributed by atoms with Gasteiger partial charge in [0.1, 0.15) is 24.4 Å². The molecule has 1 heterocycles. The number of hydrogen-bond donors (Lipinski definition) is 4. The summed E-state index contributed by atoms with van der Waals surface area (Å²) in [6.07, 6.45) is -6.35. The molecule has 4 N–H and O–H groups in total. The lowest BCUT2D eigenvalue weighted by atomic mass is 9.89. The summed E-state index contributed by atoms with van der Waals surface area (Å²) in [6, 6.07) is 0. The molecule has 1 aliphatic rings. The van der Waals surface area contributed by atoms with Gasteiger partial charge in [0.2, 0.25) is 0 Å². The highest BCUT2D eigenvalue weighted by Crippen LogP contribution is 2.26. The highest BCUT2D eigenvalue weighted by Gasteiger charge is 2.47. The van der Waals surface area contributed by atoms with E-state index in [4.69, 9.17) is 14.6 Å². The van der Waals surface area contributed by atoms with Crippen molar-refractivity contribution in [1.29, 1.82) is 0 Å². The smallest absolute Gasteiger partial charge is 0.311 e. The van der Waals surface area contributed by atoms with Crippen molar-refractivity contribution in [3.8, 4) is 0 Å². The fraction of sp³-hybridized carbons (Fsp3) is 0.909. The van der Waals surface area contributed by atoms with Crippen LogP contribution in [0.3, 0.4) is 0 Å². The maximum Gasteiger partial charge on any atom is 0.311 e. The van der Waals surface area contributed by atoms with E-state index in [1.807, 2.05) is 0 Å². The largest absolute Gasteiger partial charge is 0.466 e. The molecule has 18 heavy (non-hydrogen) atoms. The van der Waals surface area contributed by atoms with Gasteiger partial charge in [-0.1, -0.05) is 0 Å². The molecular weight excluding hydrogens is 244 g/mol. The summed E-state index contributed by atoms with van der Waals surface area (Å²) in [5.74, 6) is -1.38. The Morgan fingerprint density at radius 1 is 1.28 bits per heavy atom. The van der Waals surface area contributed by atoms with Gasteiger partial charge in [-0.05, 0) is 13.8 Å². The molecule has 7 heteroatoms. The Hall–Kier alpha value is -0.730. The first-order valence-electron chi connectivity index (χ1n) is 5.91. The summed E-state index contributed by atoms with van der Waals surface area (Å²) < 4.78 is 10.0. The fourth-order valence-electron chi connectivity index (χ4n) is 1.95. The van der Waals surface area contributed by atoms with Crippen molar-refractivity contribution in [3.05, 3.63) is 0 Å². The zero-order chi connectivity index (χ0) is 13.9. The van der Waals surface area contributed by atoms with E-state index in [2.05, 4.69) is 0 Å². The van der Waals surface area contributed by atoms with Gasteiger partial charge in [0, 0.05) is 0 Å². The molecular formula is C11H20O7. The van der Waals surface area contributed by atoms with Crippen LogP contribution >= 0.6 is 0 Å². The highest BCUT2D eigenvalue weighted by molar-refractivity contribution is 5.72. The Bertz CT molecular complexity index is 281. The lowest BCUT2D eigenvalue weighted by molar-refractivity contribution is -0.241. The maximum absolute atomic E-state index is 11.6.